The predicted molar refractivity (Wildman–Crippen MR) is 95.5 cm³/mol. The van der Waals surface area contributed by atoms with Crippen LogP contribution in [0.2, 0.25) is 0 Å². The zero-order valence-electron chi connectivity index (χ0n) is 15.2. The van der Waals surface area contributed by atoms with Crippen LogP contribution in [0.1, 0.15) is 32.4 Å². The fraction of sp³-hybridized carbons (Fsp3) is 0.684. The second-order valence-corrected chi connectivity index (χ2v) is 7.70. The zero-order valence-corrected chi connectivity index (χ0v) is 15.2. The van der Waals surface area contributed by atoms with Crippen molar-refractivity contribution in [3.8, 4) is 0 Å². The molecule has 0 aromatic carbocycles. The van der Waals surface area contributed by atoms with E-state index >= 15 is 0 Å². The first kappa shape index (κ1) is 17.4. The highest BCUT2D eigenvalue weighted by Crippen LogP contribution is 2.34. The molecule has 3 heterocycles. The van der Waals surface area contributed by atoms with Gasteiger partial charge in [-0.3, -0.25) is 19.6 Å². The zero-order chi connectivity index (χ0) is 17.2. The van der Waals surface area contributed by atoms with Gasteiger partial charge < -0.3 is 4.90 Å². The molecule has 1 spiro atoms. The Bertz CT molecular complexity index is 552. The fourth-order valence-electron chi connectivity index (χ4n) is 4.12. The van der Waals surface area contributed by atoms with Gasteiger partial charge >= 0.3 is 0 Å². The molecule has 2 fully saturated rings. The summed E-state index contributed by atoms with van der Waals surface area (Å²) >= 11 is 0. The maximum absolute atomic E-state index is 13.0. The van der Waals surface area contributed by atoms with E-state index in [0.29, 0.717) is 11.8 Å². The van der Waals surface area contributed by atoms with Gasteiger partial charge in [0, 0.05) is 52.5 Å². The number of aromatic nitrogens is 1. The lowest BCUT2D eigenvalue weighted by Gasteiger charge is -2.52. The summed E-state index contributed by atoms with van der Waals surface area (Å²) in [6.45, 7) is 10.2. The van der Waals surface area contributed by atoms with E-state index < -0.39 is 0 Å². The van der Waals surface area contributed by atoms with E-state index in [1.807, 2.05) is 30.3 Å². The van der Waals surface area contributed by atoms with Crippen LogP contribution in [0.4, 0.5) is 0 Å². The van der Waals surface area contributed by atoms with Crippen LogP contribution < -0.4 is 0 Å². The minimum Gasteiger partial charge on any atom is -0.343 e. The molecule has 0 unspecified atom stereocenters. The lowest BCUT2D eigenvalue weighted by Crippen LogP contribution is -2.68. The number of piperazine rings is 1. The number of pyridine rings is 1. The molecule has 3 rings (SSSR count). The van der Waals surface area contributed by atoms with E-state index in [1.165, 1.54) is 0 Å². The van der Waals surface area contributed by atoms with E-state index in [-0.39, 0.29) is 5.54 Å². The predicted octanol–water partition coefficient (Wildman–Crippen LogP) is 1.85. The van der Waals surface area contributed by atoms with Gasteiger partial charge in [-0.2, -0.15) is 0 Å². The van der Waals surface area contributed by atoms with Gasteiger partial charge in [0.1, 0.15) is 5.54 Å². The normalized spacial score (nSPS) is 22.5. The van der Waals surface area contributed by atoms with Crippen LogP contribution in [0.15, 0.2) is 24.4 Å². The first-order chi connectivity index (χ1) is 11.5. The molecule has 5 heteroatoms. The lowest BCUT2D eigenvalue weighted by atomic mass is 9.82. The summed E-state index contributed by atoms with van der Waals surface area (Å²) in [5, 5.41) is 0. The van der Waals surface area contributed by atoms with Crippen LogP contribution in [-0.2, 0) is 11.3 Å². The Balaban J connectivity index is 1.69. The molecule has 0 saturated carbocycles. The van der Waals surface area contributed by atoms with Crippen molar-refractivity contribution in [2.75, 3.05) is 39.8 Å². The highest BCUT2D eigenvalue weighted by Gasteiger charge is 2.49. The van der Waals surface area contributed by atoms with Gasteiger partial charge in [0.05, 0.1) is 5.69 Å². The number of hydrogen-bond acceptors (Lipinski definition) is 4. The van der Waals surface area contributed by atoms with E-state index in [2.05, 4.69) is 34.7 Å². The molecular formula is C19H30N4O. The number of nitrogens with zero attached hydrogens (tertiary/aromatic N) is 4. The van der Waals surface area contributed by atoms with Crippen molar-refractivity contribution < 1.29 is 4.79 Å². The standard InChI is InChI=1S/C19H30N4O/c1-16(2)14-23-13-12-21(3)18(24)19(23)7-10-22(11-8-19)15-17-6-4-5-9-20-17/h4-6,9,16H,7-8,10-15H2,1-3H3. The van der Waals surface area contributed by atoms with Crippen molar-refractivity contribution in [3.63, 3.8) is 0 Å². The van der Waals surface area contributed by atoms with Crippen LogP contribution in [-0.4, -0.2) is 70.9 Å². The summed E-state index contributed by atoms with van der Waals surface area (Å²) < 4.78 is 0. The maximum atomic E-state index is 13.0. The van der Waals surface area contributed by atoms with Gasteiger partial charge in [0.15, 0.2) is 0 Å². The average Bonchev–Trinajstić information content (AvgIpc) is 2.58. The monoisotopic (exact) mass is 330 g/mol. The van der Waals surface area contributed by atoms with Gasteiger partial charge in [-0.15, -0.1) is 0 Å². The summed E-state index contributed by atoms with van der Waals surface area (Å²) in [6.07, 6.45) is 3.70. The molecule has 132 valence electrons. The van der Waals surface area contributed by atoms with E-state index in [0.717, 1.165) is 57.8 Å². The third-order valence-electron chi connectivity index (χ3n) is 5.44. The molecule has 1 amide bonds. The number of rotatable bonds is 4. The quantitative estimate of drug-likeness (QED) is 0.845. The first-order valence-electron chi connectivity index (χ1n) is 9.14. The largest absolute Gasteiger partial charge is 0.343 e. The highest BCUT2D eigenvalue weighted by atomic mass is 16.2. The van der Waals surface area contributed by atoms with E-state index in [1.54, 1.807) is 0 Å². The van der Waals surface area contributed by atoms with E-state index in [4.69, 9.17) is 0 Å². The van der Waals surface area contributed by atoms with Crippen molar-refractivity contribution >= 4 is 5.91 Å². The second-order valence-electron chi connectivity index (χ2n) is 7.70. The van der Waals surface area contributed by atoms with Crippen LogP contribution in [0.3, 0.4) is 0 Å². The molecule has 24 heavy (non-hydrogen) atoms. The Morgan fingerprint density at radius 2 is 1.92 bits per heavy atom. The van der Waals surface area contributed by atoms with E-state index in [9.17, 15) is 4.79 Å². The summed E-state index contributed by atoms with van der Waals surface area (Å²) in [5.74, 6) is 0.913. The molecule has 5 nitrogen and oxygen atoms in total. The van der Waals surface area contributed by atoms with Crippen LogP contribution in [0.25, 0.3) is 0 Å². The molecule has 0 radical (unpaired) electrons. The van der Waals surface area contributed by atoms with Gasteiger partial charge in [-0.1, -0.05) is 19.9 Å². The summed E-state index contributed by atoms with van der Waals surface area (Å²) in [5.41, 5.74) is 0.831. The fourth-order valence-corrected chi connectivity index (χ4v) is 4.12. The Hall–Kier alpha value is -1.46. The van der Waals surface area contributed by atoms with Crippen molar-refractivity contribution in [2.45, 2.75) is 38.8 Å². The molecule has 2 aliphatic heterocycles. The number of likely N-dealkylation sites (tertiary alicyclic amines) is 1. The Morgan fingerprint density at radius 1 is 1.17 bits per heavy atom. The molecule has 0 atom stereocenters. The molecule has 2 saturated heterocycles. The third kappa shape index (κ3) is 3.47. The number of likely N-dealkylation sites (N-methyl/N-ethyl adjacent to an activating group) is 1. The van der Waals surface area contributed by atoms with Gasteiger partial charge in [-0.25, -0.2) is 0 Å². The molecule has 2 aliphatic rings. The lowest BCUT2D eigenvalue weighted by molar-refractivity contribution is -0.155. The average molecular weight is 330 g/mol. The summed E-state index contributed by atoms with van der Waals surface area (Å²) in [6, 6.07) is 6.07. The molecule has 0 bridgehead atoms. The number of carbonyl (C=O) groups is 1. The number of piperidine rings is 1. The molecule has 1 aromatic heterocycles. The highest BCUT2D eigenvalue weighted by molar-refractivity contribution is 5.87. The van der Waals surface area contributed by atoms with Crippen molar-refractivity contribution in [3.05, 3.63) is 30.1 Å². The minimum atomic E-state index is -0.280. The first-order valence-corrected chi connectivity index (χ1v) is 9.14. The summed E-state index contributed by atoms with van der Waals surface area (Å²) in [4.78, 5) is 24.3. The van der Waals surface area contributed by atoms with Crippen molar-refractivity contribution in [2.24, 2.45) is 5.92 Å². The number of hydrogen-bond donors (Lipinski definition) is 0. The number of amides is 1. The molecular weight excluding hydrogens is 300 g/mol. The van der Waals surface area contributed by atoms with Crippen molar-refractivity contribution in [1.29, 1.82) is 0 Å². The summed E-state index contributed by atoms with van der Waals surface area (Å²) in [7, 11) is 1.96. The third-order valence-corrected chi connectivity index (χ3v) is 5.44. The van der Waals surface area contributed by atoms with Gasteiger partial charge in [0.2, 0.25) is 5.91 Å². The molecule has 0 N–H and O–H groups in total. The van der Waals surface area contributed by atoms with Crippen LogP contribution >= 0.6 is 0 Å². The molecule has 1 aromatic rings. The Labute approximate surface area is 145 Å². The topological polar surface area (TPSA) is 39.7 Å². The van der Waals surface area contributed by atoms with Gasteiger partial charge in [0.25, 0.3) is 0 Å². The SMILES string of the molecule is CC(C)CN1CCN(C)C(=O)C12CCN(Cc1ccccn1)CC2. The molecule has 0 aliphatic carbocycles. The minimum absolute atomic E-state index is 0.280. The van der Waals surface area contributed by atoms with Crippen LogP contribution in [0, 0.1) is 5.92 Å². The van der Waals surface area contributed by atoms with Crippen molar-refractivity contribution in [1.82, 2.24) is 19.7 Å². The van der Waals surface area contributed by atoms with Gasteiger partial charge in [-0.05, 0) is 30.9 Å². The Morgan fingerprint density at radius 3 is 2.54 bits per heavy atom. The second kappa shape index (κ2) is 7.19. The maximum Gasteiger partial charge on any atom is 0.242 e. The smallest absolute Gasteiger partial charge is 0.242 e. The van der Waals surface area contributed by atoms with Crippen LogP contribution in [0.5, 0.6) is 0 Å². The number of carbonyl (C=O) groups excluding carboxylic acids is 1. The Kier molecular flexibility index (Phi) is 5.21.